The van der Waals surface area contributed by atoms with E-state index in [0.29, 0.717) is 23.5 Å². The zero-order chi connectivity index (χ0) is 19.8. The van der Waals surface area contributed by atoms with Crippen molar-refractivity contribution in [3.63, 3.8) is 0 Å². The van der Waals surface area contributed by atoms with Crippen LogP contribution in [0.25, 0.3) is 10.8 Å². The van der Waals surface area contributed by atoms with Crippen molar-refractivity contribution in [2.45, 2.75) is 18.1 Å². The summed E-state index contributed by atoms with van der Waals surface area (Å²) in [5.74, 6) is 0.938. The summed E-state index contributed by atoms with van der Waals surface area (Å²) in [4.78, 5) is 12.8. The highest BCUT2D eigenvalue weighted by Gasteiger charge is 2.54. The van der Waals surface area contributed by atoms with Crippen molar-refractivity contribution >= 4 is 16.7 Å². The minimum absolute atomic E-state index is 0.163. The number of aliphatic hydroxyl groups is 1. The highest BCUT2D eigenvalue weighted by molar-refractivity contribution is 5.98. The molecule has 29 heavy (non-hydrogen) atoms. The van der Waals surface area contributed by atoms with Crippen molar-refractivity contribution in [3.05, 3.63) is 94.8 Å². The van der Waals surface area contributed by atoms with Gasteiger partial charge >= 0.3 is 5.97 Å². The Bertz CT molecular complexity index is 1290. The Kier molecular flexibility index (Phi) is 3.10. The van der Waals surface area contributed by atoms with Gasteiger partial charge in [0, 0.05) is 28.5 Å². The maximum absolute atomic E-state index is 12.8. The third kappa shape index (κ3) is 2.05. The number of hydrogen-bond donors (Lipinski definition) is 2. The molecule has 3 aromatic rings. The fourth-order valence-electron chi connectivity index (χ4n) is 4.64. The van der Waals surface area contributed by atoms with E-state index in [2.05, 4.69) is 0 Å². The van der Waals surface area contributed by atoms with Gasteiger partial charge in [-0.3, -0.25) is 0 Å². The molecule has 0 saturated heterocycles. The molecule has 0 saturated carbocycles. The van der Waals surface area contributed by atoms with E-state index in [1.165, 1.54) is 0 Å². The molecule has 5 heteroatoms. The molecule has 2 aliphatic heterocycles. The van der Waals surface area contributed by atoms with Gasteiger partial charge in [-0.25, -0.2) is 4.79 Å². The molecule has 0 aromatic heterocycles. The van der Waals surface area contributed by atoms with Gasteiger partial charge in [0.15, 0.2) is 5.60 Å². The summed E-state index contributed by atoms with van der Waals surface area (Å²) in [5.41, 5.74) is 1.62. The average Bonchev–Trinajstić information content (AvgIpc) is 3.01. The van der Waals surface area contributed by atoms with Gasteiger partial charge in [0.25, 0.3) is 0 Å². The summed E-state index contributed by atoms with van der Waals surface area (Å²) >= 11 is 0. The summed E-state index contributed by atoms with van der Waals surface area (Å²) < 4.78 is 12.4. The van der Waals surface area contributed by atoms with Crippen LogP contribution in [0.2, 0.25) is 0 Å². The number of hydrogen-bond acceptors (Lipinski definition) is 5. The van der Waals surface area contributed by atoms with Crippen molar-refractivity contribution in [3.8, 4) is 11.5 Å². The van der Waals surface area contributed by atoms with Crippen molar-refractivity contribution in [2.75, 3.05) is 0 Å². The normalized spacial score (nSPS) is 24.2. The molecule has 142 valence electrons. The van der Waals surface area contributed by atoms with Crippen molar-refractivity contribution in [1.29, 1.82) is 0 Å². The maximum atomic E-state index is 12.8. The zero-order valence-electron chi connectivity index (χ0n) is 15.3. The molecule has 2 N–H and O–H groups in total. The number of aliphatic hydroxyl groups excluding tert-OH is 1. The van der Waals surface area contributed by atoms with Gasteiger partial charge < -0.3 is 19.7 Å². The summed E-state index contributed by atoms with van der Waals surface area (Å²) in [6.07, 6.45) is 3.12. The number of esters is 1. The third-order valence-electron chi connectivity index (χ3n) is 5.89. The molecule has 0 radical (unpaired) electrons. The van der Waals surface area contributed by atoms with E-state index in [1.54, 1.807) is 36.4 Å². The molecule has 0 fully saturated rings. The lowest BCUT2D eigenvalue weighted by molar-refractivity contribution is 0.0205. The van der Waals surface area contributed by atoms with Gasteiger partial charge in [-0.05, 0) is 35.7 Å². The molecule has 5 nitrogen and oxygen atoms in total. The van der Waals surface area contributed by atoms with Crippen LogP contribution in [0.3, 0.4) is 0 Å². The number of phenols is 1. The minimum atomic E-state index is -1.13. The van der Waals surface area contributed by atoms with E-state index >= 15 is 0 Å². The number of carbonyl (C=O) groups excluding carboxylic acids is 1. The number of carbonyl (C=O) groups is 1. The standard InChI is InChI=1S/C24H16O5/c25-14-6-8-16-13(11-14)5-9-20-22(16)28-21-12-15(26)7-10-19(21)24(20)18-4-2-1-3-17(18)23(27)29-24/h1-11,15,25-26H,12H2. The first-order valence-corrected chi connectivity index (χ1v) is 9.45. The number of aromatic hydroxyl groups is 1. The number of rotatable bonds is 0. The molecule has 1 spiro atoms. The van der Waals surface area contributed by atoms with Gasteiger partial charge in [0.05, 0.1) is 11.7 Å². The van der Waals surface area contributed by atoms with Crippen LogP contribution >= 0.6 is 0 Å². The van der Waals surface area contributed by atoms with Crippen LogP contribution in [0.5, 0.6) is 11.5 Å². The highest BCUT2D eigenvalue weighted by Crippen LogP contribution is 2.56. The molecule has 2 heterocycles. The Morgan fingerprint density at radius 2 is 1.90 bits per heavy atom. The first-order chi connectivity index (χ1) is 14.1. The number of ether oxygens (including phenoxy) is 2. The Morgan fingerprint density at radius 3 is 2.79 bits per heavy atom. The van der Waals surface area contributed by atoms with E-state index in [9.17, 15) is 15.0 Å². The van der Waals surface area contributed by atoms with Crippen molar-refractivity contribution in [2.24, 2.45) is 0 Å². The first-order valence-electron chi connectivity index (χ1n) is 9.45. The average molecular weight is 384 g/mol. The summed E-state index contributed by atoms with van der Waals surface area (Å²) in [6.45, 7) is 0. The lowest BCUT2D eigenvalue weighted by Gasteiger charge is -2.39. The van der Waals surface area contributed by atoms with E-state index in [0.717, 1.165) is 27.5 Å². The van der Waals surface area contributed by atoms with E-state index in [4.69, 9.17) is 9.47 Å². The lowest BCUT2D eigenvalue weighted by Crippen LogP contribution is -2.37. The smallest absolute Gasteiger partial charge is 0.340 e. The second kappa shape index (κ2) is 5.49. The molecule has 0 amide bonds. The Balaban J connectivity index is 1.73. The molecular formula is C24H16O5. The first kappa shape index (κ1) is 16.4. The quantitative estimate of drug-likeness (QED) is 0.575. The Morgan fingerprint density at radius 1 is 1.03 bits per heavy atom. The topological polar surface area (TPSA) is 76.0 Å². The third-order valence-corrected chi connectivity index (χ3v) is 5.89. The second-order valence-corrected chi connectivity index (χ2v) is 7.53. The molecule has 3 aliphatic rings. The monoisotopic (exact) mass is 384 g/mol. The van der Waals surface area contributed by atoms with Gasteiger partial charge in [0.2, 0.25) is 0 Å². The number of benzene rings is 3. The Labute approximate surface area is 166 Å². The van der Waals surface area contributed by atoms with Crippen LogP contribution in [0.4, 0.5) is 0 Å². The summed E-state index contributed by atoms with van der Waals surface area (Å²) in [5, 5.41) is 21.7. The van der Waals surface area contributed by atoms with E-state index < -0.39 is 11.7 Å². The largest absolute Gasteiger partial charge is 0.508 e. The van der Waals surface area contributed by atoms with Crippen molar-refractivity contribution in [1.82, 2.24) is 0 Å². The number of fused-ring (bicyclic) bond motifs is 7. The van der Waals surface area contributed by atoms with Crippen molar-refractivity contribution < 1.29 is 24.5 Å². The Hall–Kier alpha value is -3.57. The van der Waals surface area contributed by atoms with Crippen LogP contribution in [0.15, 0.2) is 78.1 Å². The highest BCUT2D eigenvalue weighted by atomic mass is 16.6. The zero-order valence-corrected chi connectivity index (χ0v) is 15.3. The maximum Gasteiger partial charge on any atom is 0.340 e. The summed E-state index contributed by atoms with van der Waals surface area (Å²) in [7, 11) is 0. The van der Waals surface area contributed by atoms with Crippen LogP contribution in [-0.2, 0) is 10.3 Å². The van der Waals surface area contributed by atoms with Crippen LogP contribution in [0.1, 0.15) is 27.9 Å². The van der Waals surface area contributed by atoms with Crippen LogP contribution < -0.4 is 4.74 Å². The fourth-order valence-corrected chi connectivity index (χ4v) is 4.64. The molecular weight excluding hydrogens is 368 g/mol. The number of phenolic OH excluding ortho intramolecular Hbond substituents is 1. The second-order valence-electron chi connectivity index (χ2n) is 7.53. The predicted molar refractivity (Wildman–Crippen MR) is 106 cm³/mol. The molecule has 6 rings (SSSR count). The molecule has 2 atom stereocenters. The van der Waals surface area contributed by atoms with Gasteiger partial charge in [0.1, 0.15) is 17.3 Å². The molecule has 2 unspecified atom stereocenters. The minimum Gasteiger partial charge on any atom is -0.508 e. The van der Waals surface area contributed by atoms with E-state index in [1.807, 2.05) is 30.3 Å². The van der Waals surface area contributed by atoms with Crippen LogP contribution in [0, 0.1) is 0 Å². The van der Waals surface area contributed by atoms with Gasteiger partial charge in [-0.15, -0.1) is 0 Å². The fraction of sp³-hybridized carbons (Fsp3) is 0.125. The van der Waals surface area contributed by atoms with E-state index in [-0.39, 0.29) is 11.7 Å². The SMILES string of the molecule is O=C1OC2(C3=C(CC(O)C=C3)Oc3c2ccc2cc(O)ccc32)c2ccccc21. The predicted octanol–water partition coefficient (Wildman–Crippen LogP) is 3.93. The summed E-state index contributed by atoms with van der Waals surface area (Å²) in [6, 6.07) is 16.2. The molecule has 0 bridgehead atoms. The van der Waals surface area contributed by atoms with Crippen LogP contribution in [-0.4, -0.2) is 22.3 Å². The lowest BCUT2D eigenvalue weighted by atomic mass is 9.75. The van der Waals surface area contributed by atoms with Gasteiger partial charge in [-0.2, -0.15) is 0 Å². The molecule has 3 aromatic carbocycles. The molecule has 1 aliphatic carbocycles. The van der Waals surface area contributed by atoms with Gasteiger partial charge in [-0.1, -0.05) is 36.4 Å².